The highest BCUT2D eigenvalue weighted by molar-refractivity contribution is 6.99. The van der Waals surface area contributed by atoms with Crippen molar-refractivity contribution in [3.63, 3.8) is 0 Å². The molecule has 0 bridgehead atoms. The third kappa shape index (κ3) is 2.23. The van der Waals surface area contributed by atoms with Gasteiger partial charge in [-0.3, -0.25) is 0 Å². The molecular formula is C10H8F3N3S. The third-order valence-corrected chi connectivity index (χ3v) is 2.87. The molecule has 0 radical (unpaired) electrons. The molecule has 17 heavy (non-hydrogen) atoms. The van der Waals surface area contributed by atoms with Gasteiger partial charge in [0, 0.05) is 5.56 Å². The van der Waals surface area contributed by atoms with Crippen molar-refractivity contribution in [3.05, 3.63) is 29.3 Å². The highest BCUT2D eigenvalue weighted by atomic mass is 32.1. The average molecular weight is 259 g/mol. The number of anilines is 1. The van der Waals surface area contributed by atoms with E-state index in [9.17, 15) is 13.2 Å². The summed E-state index contributed by atoms with van der Waals surface area (Å²) in [7, 11) is 0. The Kier molecular flexibility index (Phi) is 2.78. The quantitative estimate of drug-likeness (QED) is 0.856. The molecule has 7 heteroatoms. The molecule has 0 unspecified atom stereocenters. The molecule has 3 nitrogen and oxygen atoms in total. The molecule has 0 amide bonds. The zero-order valence-corrected chi connectivity index (χ0v) is 9.56. The molecule has 1 aromatic heterocycles. The van der Waals surface area contributed by atoms with E-state index in [1.807, 2.05) is 0 Å². The SMILES string of the molecule is Cc1cc(C(F)(F)F)ccc1-c1nsnc1N. The van der Waals surface area contributed by atoms with Gasteiger partial charge in [-0.15, -0.1) is 0 Å². The van der Waals surface area contributed by atoms with Crippen molar-refractivity contribution < 1.29 is 13.2 Å². The fourth-order valence-electron chi connectivity index (χ4n) is 1.49. The summed E-state index contributed by atoms with van der Waals surface area (Å²) in [6.07, 6.45) is -4.34. The highest BCUT2D eigenvalue weighted by Crippen LogP contribution is 2.33. The van der Waals surface area contributed by atoms with Crippen molar-refractivity contribution in [2.45, 2.75) is 13.1 Å². The molecule has 90 valence electrons. The minimum Gasteiger partial charge on any atom is -0.381 e. The van der Waals surface area contributed by atoms with Crippen molar-refractivity contribution in [2.24, 2.45) is 0 Å². The van der Waals surface area contributed by atoms with Crippen LogP contribution < -0.4 is 5.73 Å². The van der Waals surface area contributed by atoms with Crippen LogP contribution in [0.3, 0.4) is 0 Å². The normalized spacial score (nSPS) is 11.8. The first-order chi connectivity index (χ1) is 7.89. The molecule has 0 spiro atoms. The van der Waals surface area contributed by atoms with E-state index >= 15 is 0 Å². The smallest absolute Gasteiger partial charge is 0.381 e. The number of benzene rings is 1. The number of nitrogen functional groups attached to an aromatic ring is 1. The summed E-state index contributed by atoms with van der Waals surface area (Å²) < 4.78 is 45.2. The van der Waals surface area contributed by atoms with Crippen molar-refractivity contribution >= 4 is 17.5 Å². The van der Waals surface area contributed by atoms with Crippen LogP contribution in [0, 0.1) is 6.92 Å². The Labute approximate surface area is 99.4 Å². The molecule has 0 aliphatic carbocycles. The summed E-state index contributed by atoms with van der Waals surface area (Å²) in [4.78, 5) is 0. The van der Waals surface area contributed by atoms with E-state index in [2.05, 4.69) is 8.75 Å². The average Bonchev–Trinajstić information content (AvgIpc) is 2.63. The van der Waals surface area contributed by atoms with Gasteiger partial charge in [0.2, 0.25) is 0 Å². The molecular weight excluding hydrogens is 251 g/mol. The fraction of sp³-hybridized carbons (Fsp3) is 0.200. The maximum absolute atomic E-state index is 12.5. The summed E-state index contributed by atoms with van der Waals surface area (Å²) in [6.45, 7) is 1.59. The predicted molar refractivity (Wildman–Crippen MR) is 59.5 cm³/mol. The zero-order valence-electron chi connectivity index (χ0n) is 8.75. The molecule has 0 aliphatic rings. The van der Waals surface area contributed by atoms with E-state index in [-0.39, 0.29) is 5.82 Å². The number of halogens is 3. The number of alkyl halides is 3. The number of rotatable bonds is 1. The van der Waals surface area contributed by atoms with Crippen LogP contribution in [0.4, 0.5) is 19.0 Å². The van der Waals surface area contributed by atoms with Crippen molar-refractivity contribution in [1.29, 1.82) is 0 Å². The van der Waals surface area contributed by atoms with E-state index in [1.165, 1.54) is 6.07 Å². The standard InChI is InChI=1S/C10H8F3N3S/c1-5-4-6(10(11,12)13)2-3-7(5)8-9(14)16-17-15-8/h2-4H,1H3,(H2,14,16). The summed E-state index contributed by atoms with van der Waals surface area (Å²) in [5.74, 6) is 0.234. The molecule has 0 fully saturated rings. The maximum atomic E-state index is 12.5. The van der Waals surface area contributed by atoms with Gasteiger partial charge < -0.3 is 5.73 Å². The van der Waals surface area contributed by atoms with E-state index in [4.69, 9.17) is 5.73 Å². The Morgan fingerprint density at radius 1 is 1.24 bits per heavy atom. The van der Waals surface area contributed by atoms with Gasteiger partial charge in [0.25, 0.3) is 0 Å². The molecule has 2 N–H and O–H groups in total. The van der Waals surface area contributed by atoms with Gasteiger partial charge in [0.15, 0.2) is 5.82 Å². The van der Waals surface area contributed by atoms with Crippen LogP contribution in [0.5, 0.6) is 0 Å². The summed E-state index contributed by atoms with van der Waals surface area (Å²) in [5, 5.41) is 0. The first kappa shape index (κ1) is 11.8. The molecule has 2 rings (SSSR count). The second kappa shape index (κ2) is 3.99. The van der Waals surface area contributed by atoms with Gasteiger partial charge >= 0.3 is 6.18 Å². The third-order valence-electron chi connectivity index (χ3n) is 2.32. The highest BCUT2D eigenvalue weighted by Gasteiger charge is 2.30. The lowest BCUT2D eigenvalue weighted by Gasteiger charge is -2.09. The number of hydrogen-bond donors (Lipinski definition) is 1. The van der Waals surface area contributed by atoms with Crippen LogP contribution in [0.2, 0.25) is 0 Å². The molecule has 1 aromatic carbocycles. The van der Waals surface area contributed by atoms with Crippen molar-refractivity contribution in [1.82, 2.24) is 8.75 Å². The molecule has 1 heterocycles. The van der Waals surface area contributed by atoms with Gasteiger partial charge in [0.1, 0.15) is 5.69 Å². The molecule has 2 aromatic rings. The minimum absolute atomic E-state index is 0.234. The summed E-state index contributed by atoms with van der Waals surface area (Å²) >= 11 is 0.932. The van der Waals surface area contributed by atoms with Crippen LogP contribution in [-0.4, -0.2) is 8.75 Å². The first-order valence-corrected chi connectivity index (χ1v) is 5.39. The minimum atomic E-state index is -4.34. The van der Waals surface area contributed by atoms with E-state index in [0.29, 0.717) is 16.8 Å². The van der Waals surface area contributed by atoms with Crippen LogP contribution in [0.25, 0.3) is 11.3 Å². The Morgan fingerprint density at radius 3 is 2.41 bits per heavy atom. The Morgan fingerprint density at radius 2 is 1.94 bits per heavy atom. The number of nitrogens with zero attached hydrogens (tertiary/aromatic N) is 2. The van der Waals surface area contributed by atoms with Gasteiger partial charge in [-0.05, 0) is 24.6 Å². The molecule has 0 saturated heterocycles. The molecule has 0 saturated carbocycles. The number of aromatic nitrogens is 2. The van der Waals surface area contributed by atoms with E-state index in [1.54, 1.807) is 6.92 Å². The number of nitrogens with two attached hydrogens (primary N) is 1. The van der Waals surface area contributed by atoms with Crippen LogP contribution in [0.1, 0.15) is 11.1 Å². The first-order valence-electron chi connectivity index (χ1n) is 4.66. The zero-order chi connectivity index (χ0) is 12.6. The van der Waals surface area contributed by atoms with Crippen LogP contribution >= 0.6 is 11.7 Å². The summed E-state index contributed by atoms with van der Waals surface area (Å²) in [6, 6.07) is 3.46. The second-order valence-corrected chi connectivity index (χ2v) is 4.05. The monoisotopic (exact) mass is 259 g/mol. The Hall–Kier alpha value is -1.63. The maximum Gasteiger partial charge on any atom is 0.416 e. The fourth-order valence-corrected chi connectivity index (χ4v) is 1.98. The van der Waals surface area contributed by atoms with Crippen LogP contribution in [-0.2, 0) is 6.18 Å². The lowest BCUT2D eigenvalue weighted by atomic mass is 10.0. The lowest BCUT2D eigenvalue weighted by molar-refractivity contribution is -0.137. The molecule has 0 aliphatic heterocycles. The Balaban J connectivity index is 2.50. The van der Waals surface area contributed by atoms with Gasteiger partial charge in [-0.25, -0.2) is 0 Å². The molecule has 0 atom stereocenters. The van der Waals surface area contributed by atoms with Gasteiger partial charge in [0.05, 0.1) is 17.3 Å². The van der Waals surface area contributed by atoms with Crippen molar-refractivity contribution in [3.8, 4) is 11.3 Å². The second-order valence-electron chi connectivity index (χ2n) is 3.53. The topological polar surface area (TPSA) is 51.8 Å². The van der Waals surface area contributed by atoms with Gasteiger partial charge in [-0.2, -0.15) is 21.9 Å². The van der Waals surface area contributed by atoms with Gasteiger partial charge in [-0.1, -0.05) is 6.07 Å². The number of aryl methyl sites for hydroxylation is 1. The lowest BCUT2D eigenvalue weighted by Crippen LogP contribution is -2.05. The Bertz CT molecular complexity index is 548. The van der Waals surface area contributed by atoms with Crippen LogP contribution in [0.15, 0.2) is 18.2 Å². The van der Waals surface area contributed by atoms with E-state index < -0.39 is 11.7 Å². The van der Waals surface area contributed by atoms with E-state index in [0.717, 1.165) is 23.9 Å². The summed E-state index contributed by atoms with van der Waals surface area (Å²) in [5.41, 5.74) is 6.38. The number of hydrogen-bond acceptors (Lipinski definition) is 4. The predicted octanol–water partition coefficient (Wildman–Crippen LogP) is 3.11. The van der Waals surface area contributed by atoms with Crippen molar-refractivity contribution in [2.75, 3.05) is 5.73 Å². The largest absolute Gasteiger partial charge is 0.416 e.